The Morgan fingerprint density at radius 2 is 0.796 bits per heavy atom. The van der Waals surface area contributed by atoms with Gasteiger partial charge in [-0.25, -0.2) is 4.98 Å². The van der Waals surface area contributed by atoms with Crippen LogP contribution in [-0.2, 0) is 0 Å². The predicted molar refractivity (Wildman–Crippen MR) is 233 cm³/mol. The number of hydrogen-bond acceptors (Lipinski definition) is 3. The zero-order chi connectivity index (χ0) is 35.6. The van der Waals surface area contributed by atoms with Crippen LogP contribution in [0.25, 0.3) is 85.5 Å². The minimum absolute atomic E-state index is 0.888. The SMILES string of the molecule is c1ccc2c(c1)cc(-c1ccc(N(c3ccc(-c4cc5ccccc5c5ccccc45)cc3)c3cc4c(cn3)sc3ccccc34)cc1)c1ccccc12. The molecule has 0 unspecified atom stereocenters. The monoisotopic (exact) mass is 704 g/mol. The number of anilines is 3. The Labute approximate surface area is 316 Å². The summed E-state index contributed by atoms with van der Waals surface area (Å²) in [7, 11) is 0. The molecule has 0 aliphatic heterocycles. The molecule has 11 aromatic rings. The normalized spacial score (nSPS) is 11.7. The lowest BCUT2D eigenvalue weighted by molar-refractivity contribution is 1.19. The van der Waals surface area contributed by atoms with Gasteiger partial charge >= 0.3 is 0 Å². The quantitative estimate of drug-likeness (QED) is 0.166. The van der Waals surface area contributed by atoms with Gasteiger partial charge in [0.25, 0.3) is 0 Å². The summed E-state index contributed by atoms with van der Waals surface area (Å²) in [6.07, 6.45) is 2.04. The van der Waals surface area contributed by atoms with Crippen LogP contribution in [-0.4, -0.2) is 4.98 Å². The van der Waals surface area contributed by atoms with Gasteiger partial charge in [0.1, 0.15) is 5.82 Å². The summed E-state index contributed by atoms with van der Waals surface area (Å²) in [6, 6.07) is 68.4. The average Bonchev–Trinajstić information content (AvgIpc) is 3.62. The molecule has 0 saturated heterocycles. The third kappa shape index (κ3) is 4.97. The first-order valence-corrected chi connectivity index (χ1v) is 19.2. The molecule has 54 heavy (non-hydrogen) atoms. The highest BCUT2D eigenvalue weighted by atomic mass is 32.1. The van der Waals surface area contributed by atoms with Gasteiger partial charge in [0.15, 0.2) is 0 Å². The highest BCUT2D eigenvalue weighted by molar-refractivity contribution is 7.25. The lowest BCUT2D eigenvalue weighted by atomic mass is 9.93. The van der Waals surface area contributed by atoms with Crippen LogP contribution in [0.5, 0.6) is 0 Å². The minimum atomic E-state index is 0.888. The molecule has 2 nitrogen and oxygen atoms in total. The van der Waals surface area contributed by atoms with Crippen LogP contribution in [0.3, 0.4) is 0 Å². The van der Waals surface area contributed by atoms with Gasteiger partial charge in [0.05, 0.1) is 4.70 Å². The Bertz CT molecular complexity index is 3050. The molecule has 11 rings (SSSR count). The van der Waals surface area contributed by atoms with Gasteiger partial charge in [0, 0.05) is 33.0 Å². The molecule has 0 amide bonds. The first-order valence-electron chi connectivity index (χ1n) is 18.4. The molecule has 0 radical (unpaired) electrons. The van der Waals surface area contributed by atoms with Gasteiger partial charge in [-0.05, 0) is 114 Å². The molecule has 3 heteroatoms. The molecule has 0 fully saturated rings. The molecule has 2 aromatic heterocycles. The number of fused-ring (bicyclic) bond motifs is 9. The fourth-order valence-corrected chi connectivity index (χ4v) is 9.38. The van der Waals surface area contributed by atoms with Crippen molar-refractivity contribution in [3.63, 3.8) is 0 Å². The Morgan fingerprint density at radius 3 is 1.33 bits per heavy atom. The fourth-order valence-electron chi connectivity index (χ4n) is 8.32. The van der Waals surface area contributed by atoms with Crippen molar-refractivity contribution < 1.29 is 0 Å². The van der Waals surface area contributed by atoms with Crippen molar-refractivity contribution in [1.29, 1.82) is 0 Å². The number of pyridine rings is 1. The first kappa shape index (κ1) is 30.8. The molecule has 0 bridgehead atoms. The van der Waals surface area contributed by atoms with Crippen LogP contribution < -0.4 is 4.90 Å². The minimum Gasteiger partial charge on any atom is -0.295 e. The number of rotatable bonds is 5. The Kier molecular flexibility index (Phi) is 7.07. The van der Waals surface area contributed by atoms with Crippen molar-refractivity contribution >= 4 is 91.8 Å². The molecular formula is C51H32N2S. The van der Waals surface area contributed by atoms with Gasteiger partial charge in [-0.2, -0.15) is 0 Å². The van der Waals surface area contributed by atoms with Crippen LogP contribution in [0.2, 0.25) is 0 Å². The fraction of sp³-hybridized carbons (Fsp3) is 0. The topological polar surface area (TPSA) is 16.1 Å². The highest BCUT2D eigenvalue weighted by Crippen LogP contribution is 2.42. The van der Waals surface area contributed by atoms with Crippen molar-refractivity contribution in [1.82, 2.24) is 4.98 Å². The van der Waals surface area contributed by atoms with Gasteiger partial charge < -0.3 is 0 Å². The number of aromatic nitrogens is 1. The smallest absolute Gasteiger partial charge is 0.138 e. The van der Waals surface area contributed by atoms with Crippen LogP contribution in [0.15, 0.2) is 194 Å². The third-order valence-electron chi connectivity index (χ3n) is 10.9. The molecule has 0 aliphatic rings. The van der Waals surface area contributed by atoms with Gasteiger partial charge in [-0.3, -0.25) is 4.90 Å². The van der Waals surface area contributed by atoms with E-state index in [-0.39, 0.29) is 0 Å². The van der Waals surface area contributed by atoms with E-state index < -0.39 is 0 Å². The molecule has 0 aliphatic carbocycles. The summed E-state index contributed by atoms with van der Waals surface area (Å²) in [5.41, 5.74) is 6.95. The van der Waals surface area contributed by atoms with E-state index in [1.165, 1.54) is 85.5 Å². The maximum Gasteiger partial charge on any atom is 0.138 e. The largest absolute Gasteiger partial charge is 0.295 e. The van der Waals surface area contributed by atoms with Crippen molar-refractivity contribution in [2.24, 2.45) is 0 Å². The zero-order valence-electron chi connectivity index (χ0n) is 29.3. The second-order valence-electron chi connectivity index (χ2n) is 13.9. The van der Waals surface area contributed by atoms with E-state index >= 15 is 0 Å². The average molecular weight is 705 g/mol. The summed E-state index contributed by atoms with van der Waals surface area (Å²) >= 11 is 1.79. The van der Waals surface area contributed by atoms with Gasteiger partial charge in [0.2, 0.25) is 0 Å². The highest BCUT2D eigenvalue weighted by Gasteiger charge is 2.18. The van der Waals surface area contributed by atoms with Gasteiger partial charge in [-0.1, -0.05) is 140 Å². The molecule has 252 valence electrons. The molecular weight excluding hydrogens is 673 g/mol. The molecule has 0 atom stereocenters. The predicted octanol–water partition coefficient (Wildman–Crippen LogP) is 14.9. The van der Waals surface area contributed by atoms with E-state index in [0.29, 0.717) is 0 Å². The number of hydrogen-bond donors (Lipinski definition) is 0. The lowest BCUT2D eigenvalue weighted by Gasteiger charge is -2.25. The van der Waals surface area contributed by atoms with E-state index in [2.05, 4.69) is 193 Å². The van der Waals surface area contributed by atoms with Crippen LogP contribution >= 0.6 is 11.3 Å². The Morgan fingerprint density at radius 1 is 0.352 bits per heavy atom. The van der Waals surface area contributed by atoms with E-state index in [4.69, 9.17) is 4.98 Å². The van der Waals surface area contributed by atoms with Gasteiger partial charge in [-0.15, -0.1) is 11.3 Å². The molecule has 0 N–H and O–H groups in total. The summed E-state index contributed by atoms with van der Waals surface area (Å²) in [4.78, 5) is 7.39. The molecule has 0 spiro atoms. The summed E-state index contributed by atoms with van der Waals surface area (Å²) in [5, 5.41) is 12.6. The van der Waals surface area contributed by atoms with Crippen molar-refractivity contribution in [3.8, 4) is 22.3 Å². The Balaban J connectivity index is 1.06. The summed E-state index contributed by atoms with van der Waals surface area (Å²) in [5.74, 6) is 0.888. The summed E-state index contributed by atoms with van der Waals surface area (Å²) < 4.78 is 2.47. The maximum atomic E-state index is 5.10. The van der Waals surface area contributed by atoms with E-state index in [1.54, 1.807) is 11.3 Å². The molecule has 0 saturated carbocycles. The standard InChI is InChI=1S/C51H32N2S/c1-3-13-39-35(11-1)29-46(43-17-7-5-15-41(39)43)33-21-25-37(26-22-33)53(51-31-48-45-19-9-10-20-49(45)54-50(48)32-52-51)38-27-23-34(24-28-38)47-30-36-12-2-4-14-40(36)42-16-6-8-18-44(42)47/h1-32H. The zero-order valence-corrected chi connectivity index (χ0v) is 30.1. The second-order valence-corrected chi connectivity index (χ2v) is 15.0. The second kappa shape index (κ2) is 12.4. The van der Waals surface area contributed by atoms with Crippen LogP contribution in [0, 0.1) is 0 Å². The first-order chi connectivity index (χ1) is 26.8. The molecule has 9 aromatic carbocycles. The molecule has 2 heterocycles. The van der Waals surface area contributed by atoms with Crippen molar-refractivity contribution in [3.05, 3.63) is 194 Å². The summed E-state index contributed by atoms with van der Waals surface area (Å²) in [6.45, 7) is 0. The number of nitrogens with zero attached hydrogens (tertiary/aromatic N) is 2. The third-order valence-corrected chi connectivity index (χ3v) is 12.0. The lowest BCUT2D eigenvalue weighted by Crippen LogP contribution is -2.11. The Hall–Kier alpha value is -6.81. The van der Waals surface area contributed by atoms with E-state index in [1.807, 2.05) is 6.20 Å². The number of benzene rings is 9. The maximum absolute atomic E-state index is 5.10. The van der Waals surface area contributed by atoms with E-state index in [9.17, 15) is 0 Å². The van der Waals surface area contributed by atoms with Crippen molar-refractivity contribution in [2.45, 2.75) is 0 Å². The number of thiophene rings is 1. The van der Waals surface area contributed by atoms with Crippen LogP contribution in [0.1, 0.15) is 0 Å². The van der Waals surface area contributed by atoms with Crippen molar-refractivity contribution in [2.75, 3.05) is 4.90 Å². The van der Waals surface area contributed by atoms with Crippen LogP contribution in [0.4, 0.5) is 17.2 Å². The van der Waals surface area contributed by atoms with E-state index in [0.717, 1.165) is 17.2 Å².